The maximum Gasteiger partial charge on any atom is 0.263 e. The molecule has 2 aromatic heterocycles. The summed E-state index contributed by atoms with van der Waals surface area (Å²) in [5, 5.41) is 5.92. The van der Waals surface area contributed by atoms with Gasteiger partial charge in [-0.2, -0.15) is 0 Å². The summed E-state index contributed by atoms with van der Waals surface area (Å²) in [5.41, 5.74) is 3.19. The van der Waals surface area contributed by atoms with E-state index in [1.54, 1.807) is 36.7 Å². The summed E-state index contributed by atoms with van der Waals surface area (Å²) in [7, 11) is 0. The van der Waals surface area contributed by atoms with Crippen LogP contribution in [-0.4, -0.2) is 27.9 Å². The predicted molar refractivity (Wildman–Crippen MR) is 119 cm³/mol. The molecule has 2 N–H and O–H groups in total. The smallest absolute Gasteiger partial charge is 0.263 e. The molecule has 156 valence electrons. The van der Waals surface area contributed by atoms with E-state index in [1.807, 2.05) is 24.3 Å². The van der Waals surface area contributed by atoms with Crippen LogP contribution in [0.25, 0.3) is 6.08 Å². The van der Waals surface area contributed by atoms with Crippen molar-refractivity contribution in [2.75, 3.05) is 11.9 Å². The Morgan fingerprint density at radius 2 is 2.10 bits per heavy atom. The van der Waals surface area contributed by atoms with E-state index >= 15 is 0 Å². The maximum absolute atomic E-state index is 12.7. The average molecular weight is 435 g/mol. The molecule has 0 bridgehead atoms. The van der Waals surface area contributed by atoms with Gasteiger partial charge in [-0.05, 0) is 41.0 Å². The highest BCUT2D eigenvalue weighted by Crippen LogP contribution is 2.24. The number of nitrogens with zero attached hydrogens (tertiary/aromatic N) is 2. The van der Waals surface area contributed by atoms with Gasteiger partial charge >= 0.3 is 0 Å². The number of carbonyl (C=O) groups excluding carboxylic acids is 2. The topological polar surface area (TPSA) is 93.1 Å². The lowest BCUT2D eigenvalue weighted by atomic mass is 10.1. The Balaban J connectivity index is 1.38. The summed E-state index contributed by atoms with van der Waals surface area (Å²) in [6.45, 7) is 0.552. The summed E-state index contributed by atoms with van der Waals surface area (Å²) >= 11 is 5.79. The zero-order chi connectivity index (χ0) is 21.8. The molecule has 3 aromatic rings. The van der Waals surface area contributed by atoms with E-state index in [9.17, 15) is 14.4 Å². The number of hydrogen-bond donors (Lipinski definition) is 2. The van der Waals surface area contributed by atoms with Gasteiger partial charge in [-0.1, -0.05) is 42.0 Å². The molecule has 0 atom stereocenters. The Kier molecular flexibility index (Phi) is 5.95. The fraction of sp³-hybridized carbons (Fsp3) is 0.130. The molecule has 7 nitrogen and oxygen atoms in total. The lowest BCUT2D eigenvalue weighted by molar-refractivity contribution is -0.115. The van der Waals surface area contributed by atoms with Gasteiger partial charge in [-0.25, -0.2) is 4.98 Å². The number of anilines is 1. The molecule has 0 saturated carbocycles. The zero-order valence-electron chi connectivity index (χ0n) is 16.5. The normalized spacial score (nSPS) is 12.6. The maximum atomic E-state index is 12.7. The minimum Gasteiger partial charge on any atom is -0.348 e. The lowest BCUT2D eigenvalue weighted by Crippen LogP contribution is -2.33. The van der Waals surface area contributed by atoms with Crippen molar-refractivity contribution in [2.24, 2.45) is 0 Å². The van der Waals surface area contributed by atoms with Gasteiger partial charge in [0, 0.05) is 24.6 Å². The Morgan fingerprint density at radius 1 is 1.23 bits per heavy atom. The quantitative estimate of drug-likeness (QED) is 0.583. The molecule has 31 heavy (non-hydrogen) atoms. The van der Waals surface area contributed by atoms with Crippen LogP contribution in [0, 0.1) is 0 Å². The Labute approximate surface area is 183 Å². The Hall–Kier alpha value is -3.71. The molecule has 2 amide bonds. The lowest BCUT2D eigenvalue weighted by Gasteiger charge is -2.08. The third kappa shape index (κ3) is 4.90. The van der Waals surface area contributed by atoms with E-state index in [-0.39, 0.29) is 23.6 Å². The first kappa shape index (κ1) is 20.6. The molecule has 8 heteroatoms. The molecule has 0 saturated heterocycles. The number of amides is 2. The number of pyridine rings is 2. The van der Waals surface area contributed by atoms with Crippen LogP contribution >= 0.6 is 11.6 Å². The second-order valence-electron chi connectivity index (χ2n) is 7.10. The Bertz CT molecular complexity index is 1230. The number of halogens is 1. The van der Waals surface area contributed by atoms with Gasteiger partial charge in [0.1, 0.15) is 10.7 Å². The number of carbonyl (C=O) groups is 2. The van der Waals surface area contributed by atoms with E-state index < -0.39 is 5.91 Å². The Morgan fingerprint density at radius 3 is 2.90 bits per heavy atom. The fourth-order valence-electron chi connectivity index (χ4n) is 3.31. The third-order valence-corrected chi connectivity index (χ3v) is 5.08. The number of hydrogen-bond acceptors (Lipinski definition) is 4. The average Bonchev–Trinajstić information content (AvgIpc) is 3.13. The molecule has 1 aliphatic rings. The van der Waals surface area contributed by atoms with Gasteiger partial charge in [0.2, 0.25) is 5.91 Å². The second-order valence-corrected chi connectivity index (χ2v) is 7.49. The molecule has 0 radical (unpaired) electrons. The van der Waals surface area contributed by atoms with Crippen LogP contribution in [-0.2, 0) is 17.8 Å². The van der Waals surface area contributed by atoms with Crippen molar-refractivity contribution < 1.29 is 9.59 Å². The summed E-state index contributed by atoms with van der Waals surface area (Å²) in [5.74, 6) is -0.455. The minimum absolute atomic E-state index is 0.00997. The van der Waals surface area contributed by atoms with E-state index in [0.29, 0.717) is 18.1 Å². The summed E-state index contributed by atoms with van der Waals surface area (Å²) in [4.78, 5) is 40.6. The highest BCUT2D eigenvalue weighted by Gasteiger charge is 2.16. The van der Waals surface area contributed by atoms with E-state index in [1.165, 1.54) is 10.6 Å². The third-order valence-electron chi connectivity index (χ3n) is 4.86. The molecule has 0 unspecified atom stereocenters. The van der Waals surface area contributed by atoms with Gasteiger partial charge in [0.25, 0.3) is 11.5 Å². The van der Waals surface area contributed by atoms with Crippen LogP contribution in [0.5, 0.6) is 0 Å². The van der Waals surface area contributed by atoms with Crippen LogP contribution in [0.1, 0.15) is 27.0 Å². The predicted octanol–water partition coefficient (Wildman–Crippen LogP) is 2.88. The molecule has 0 aliphatic carbocycles. The highest BCUT2D eigenvalue weighted by atomic mass is 35.5. The molecule has 0 fully saturated rings. The number of nitrogens with one attached hydrogen (secondary N) is 2. The number of rotatable bonds is 6. The minimum atomic E-state index is -0.445. The molecule has 0 spiro atoms. The summed E-state index contributed by atoms with van der Waals surface area (Å²) in [6, 6.07) is 12.3. The van der Waals surface area contributed by atoms with Crippen molar-refractivity contribution in [3.63, 3.8) is 0 Å². The SMILES string of the molecule is O=C1Cc2ccc(C=CCNC(=O)c3cccn(Cc4ccc(Cl)nc4)c3=O)cc2N1. The van der Waals surface area contributed by atoms with Crippen LogP contribution in [0.15, 0.2) is 65.7 Å². The van der Waals surface area contributed by atoms with E-state index in [0.717, 1.165) is 22.4 Å². The summed E-state index contributed by atoms with van der Waals surface area (Å²) in [6.07, 6.45) is 7.26. The highest BCUT2D eigenvalue weighted by molar-refractivity contribution is 6.29. The molecular formula is C23H19ClN4O3. The fourth-order valence-corrected chi connectivity index (χ4v) is 3.42. The van der Waals surface area contributed by atoms with Crippen molar-refractivity contribution in [2.45, 2.75) is 13.0 Å². The monoisotopic (exact) mass is 434 g/mol. The number of benzene rings is 1. The summed E-state index contributed by atoms with van der Waals surface area (Å²) < 4.78 is 1.45. The standard InChI is InChI=1S/C23H19ClN4O3/c24-20-8-6-16(13-26-20)14-28-10-2-4-18(23(28)31)22(30)25-9-1-3-15-5-7-17-12-21(29)27-19(17)11-15/h1-8,10-11,13H,9,12,14H2,(H,25,30)(H,27,29). The molecule has 1 aromatic carbocycles. The van der Waals surface area contributed by atoms with Crippen molar-refractivity contribution in [1.29, 1.82) is 0 Å². The van der Waals surface area contributed by atoms with Gasteiger partial charge in [-0.15, -0.1) is 0 Å². The van der Waals surface area contributed by atoms with Gasteiger partial charge < -0.3 is 15.2 Å². The second kappa shape index (κ2) is 8.97. The first-order chi connectivity index (χ1) is 15.0. The van der Waals surface area contributed by atoms with E-state index in [4.69, 9.17) is 11.6 Å². The number of fused-ring (bicyclic) bond motifs is 1. The zero-order valence-corrected chi connectivity index (χ0v) is 17.2. The van der Waals surface area contributed by atoms with Crippen LogP contribution < -0.4 is 16.2 Å². The van der Waals surface area contributed by atoms with Gasteiger partial charge in [-0.3, -0.25) is 14.4 Å². The first-order valence-corrected chi connectivity index (χ1v) is 10.0. The van der Waals surface area contributed by atoms with Crippen LogP contribution in [0.2, 0.25) is 5.15 Å². The van der Waals surface area contributed by atoms with Crippen molar-refractivity contribution in [3.8, 4) is 0 Å². The van der Waals surface area contributed by atoms with Crippen molar-refractivity contribution >= 4 is 35.2 Å². The molecular weight excluding hydrogens is 416 g/mol. The number of aromatic nitrogens is 2. The van der Waals surface area contributed by atoms with Crippen LogP contribution in [0.3, 0.4) is 0 Å². The van der Waals surface area contributed by atoms with E-state index in [2.05, 4.69) is 15.6 Å². The molecule has 1 aliphatic heterocycles. The van der Waals surface area contributed by atoms with Crippen molar-refractivity contribution in [1.82, 2.24) is 14.9 Å². The van der Waals surface area contributed by atoms with Gasteiger partial charge in [0.05, 0.1) is 13.0 Å². The molecule has 3 heterocycles. The van der Waals surface area contributed by atoms with Gasteiger partial charge in [0.15, 0.2) is 0 Å². The largest absolute Gasteiger partial charge is 0.348 e. The molecule has 4 rings (SSSR count). The van der Waals surface area contributed by atoms with Crippen LogP contribution in [0.4, 0.5) is 5.69 Å². The van der Waals surface area contributed by atoms with Crippen molar-refractivity contribution in [3.05, 3.63) is 98.7 Å². The first-order valence-electron chi connectivity index (χ1n) is 9.67.